The van der Waals surface area contributed by atoms with Crippen molar-refractivity contribution in [2.45, 2.75) is 64.9 Å². The Labute approximate surface area is 89.1 Å². The van der Waals surface area contributed by atoms with Crippen molar-refractivity contribution in [2.24, 2.45) is 0 Å². The molecule has 1 atom stereocenters. The number of aliphatic hydroxyl groups is 1. The topological polar surface area (TPSA) is 20.2 Å². The summed E-state index contributed by atoms with van der Waals surface area (Å²) < 4.78 is 0. The minimum absolute atomic E-state index is 0. The predicted octanol–water partition coefficient (Wildman–Crippen LogP) is 2.74. The van der Waals surface area contributed by atoms with Crippen molar-refractivity contribution in [3.05, 3.63) is 0 Å². The molecule has 1 N–H and O–H groups in total. The van der Waals surface area contributed by atoms with E-state index in [0.29, 0.717) is 0 Å². The van der Waals surface area contributed by atoms with Crippen LogP contribution in [0.2, 0.25) is 0 Å². The van der Waals surface area contributed by atoms with E-state index in [1.165, 1.54) is 38.5 Å². The first-order chi connectivity index (χ1) is 5.27. The van der Waals surface area contributed by atoms with E-state index >= 15 is 0 Å². The van der Waals surface area contributed by atoms with Gasteiger partial charge in [0.25, 0.3) is 0 Å². The van der Waals surface area contributed by atoms with Gasteiger partial charge in [0.05, 0.1) is 6.10 Å². The molecule has 0 saturated heterocycles. The summed E-state index contributed by atoms with van der Waals surface area (Å²) in [4.78, 5) is 0. The fourth-order valence-corrected chi connectivity index (χ4v) is 1.22. The van der Waals surface area contributed by atoms with Crippen LogP contribution >= 0.6 is 0 Å². The van der Waals surface area contributed by atoms with Gasteiger partial charge >= 0.3 is 0 Å². The van der Waals surface area contributed by atoms with Gasteiger partial charge in [-0.25, -0.2) is 0 Å². The Hall–Kier alpha value is 0.557. The third kappa shape index (κ3) is 13.2. The Kier molecular flexibility index (Phi) is 14.5. The summed E-state index contributed by atoms with van der Waals surface area (Å²) >= 11 is 0. The smallest absolute Gasteiger partial charge is 0.0512 e. The van der Waals surface area contributed by atoms with Crippen molar-refractivity contribution < 1.29 is 5.11 Å². The molecule has 0 aromatic rings. The molecule has 12 heavy (non-hydrogen) atoms. The molecular formula is C10H22LiO. The number of unbranched alkanes of at least 4 members (excludes halogenated alkanes) is 5. The Morgan fingerprint density at radius 3 is 2.00 bits per heavy atom. The van der Waals surface area contributed by atoms with E-state index in [1.54, 1.807) is 0 Å². The van der Waals surface area contributed by atoms with Crippen molar-refractivity contribution in [3.8, 4) is 0 Å². The van der Waals surface area contributed by atoms with Gasteiger partial charge in [-0.3, -0.25) is 0 Å². The molecule has 0 fully saturated rings. The number of hydrogen-bond acceptors (Lipinski definition) is 1. The quantitative estimate of drug-likeness (QED) is 0.454. The average molecular weight is 165 g/mol. The van der Waals surface area contributed by atoms with Crippen molar-refractivity contribution >= 4 is 18.9 Å². The van der Waals surface area contributed by atoms with Gasteiger partial charge in [-0.2, -0.15) is 0 Å². The number of hydrogen-bond donors (Lipinski definition) is 1. The average Bonchev–Trinajstić information content (AvgIpc) is 1.96. The van der Waals surface area contributed by atoms with Crippen LogP contribution in [0.15, 0.2) is 0 Å². The first-order valence-corrected chi connectivity index (χ1v) is 4.95. The van der Waals surface area contributed by atoms with Crippen LogP contribution in [0.25, 0.3) is 0 Å². The summed E-state index contributed by atoms with van der Waals surface area (Å²) in [6, 6.07) is 0. The van der Waals surface area contributed by atoms with Gasteiger partial charge in [-0.15, -0.1) is 0 Å². The van der Waals surface area contributed by atoms with Crippen LogP contribution in [0, 0.1) is 0 Å². The first kappa shape index (κ1) is 15.0. The second-order valence-corrected chi connectivity index (χ2v) is 3.41. The first-order valence-electron chi connectivity index (χ1n) is 4.95. The molecule has 0 aromatic carbocycles. The zero-order chi connectivity index (χ0) is 8.53. The largest absolute Gasteiger partial charge is 0.393 e. The second kappa shape index (κ2) is 11.6. The van der Waals surface area contributed by atoms with Gasteiger partial charge in [-0.05, 0) is 13.3 Å². The molecule has 0 aliphatic carbocycles. The SMILES string of the molecule is CCCCCCCCC(C)O.[Li]. The van der Waals surface area contributed by atoms with Crippen LogP contribution in [0.4, 0.5) is 0 Å². The predicted molar refractivity (Wildman–Crippen MR) is 55.4 cm³/mol. The molecule has 1 nitrogen and oxygen atoms in total. The van der Waals surface area contributed by atoms with Crippen molar-refractivity contribution in [2.75, 3.05) is 0 Å². The Morgan fingerprint density at radius 1 is 1.00 bits per heavy atom. The van der Waals surface area contributed by atoms with Crippen LogP contribution < -0.4 is 0 Å². The molecule has 1 radical (unpaired) electrons. The summed E-state index contributed by atoms with van der Waals surface area (Å²) in [5, 5.41) is 8.96. The zero-order valence-corrected chi connectivity index (χ0v) is 8.97. The van der Waals surface area contributed by atoms with Crippen LogP contribution in [0.3, 0.4) is 0 Å². The van der Waals surface area contributed by atoms with E-state index in [1.807, 2.05) is 6.92 Å². The van der Waals surface area contributed by atoms with Crippen molar-refractivity contribution in [3.63, 3.8) is 0 Å². The molecule has 0 aliphatic rings. The summed E-state index contributed by atoms with van der Waals surface area (Å²) in [5.41, 5.74) is 0. The molecule has 1 unspecified atom stereocenters. The maximum Gasteiger partial charge on any atom is 0.0512 e. The third-order valence-corrected chi connectivity index (χ3v) is 1.98. The number of rotatable bonds is 7. The molecule has 2 heteroatoms. The van der Waals surface area contributed by atoms with E-state index in [0.717, 1.165) is 6.42 Å². The zero-order valence-electron chi connectivity index (χ0n) is 8.97. The van der Waals surface area contributed by atoms with E-state index in [-0.39, 0.29) is 25.0 Å². The van der Waals surface area contributed by atoms with E-state index in [4.69, 9.17) is 5.11 Å². The van der Waals surface area contributed by atoms with Gasteiger partial charge in [-0.1, -0.05) is 45.4 Å². The molecule has 0 amide bonds. The third-order valence-electron chi connectivity index (χ3n) is 1.98. The monoisotopic (exact) mass is 165 g/mol. The molecule has 0 aromatic heterocycles. The molecule has 69 valence electrons. The minimum atomic E-state index is -0.0961. The van der Waals surface area contributed by atoms with E-state index in [9.17, 15) is 0 Å². The number of aliphatic hydroxyl groups excluding tert-OH is 1. The van der Waals surface area contributed by atoms with Crippen LogP contribution in [0.1, 0.15) is 58.8 Å². The van der Waals surface area contributed by atoms with Gasteiger partial charge in [0.15, 0.2) is 0 Å². The van der Waals surface area contributed by atoms with E-state index in [2.05, 4.69) is 6.92 Å². The Balaban J connectivity index is 0. The Morgan fingerprint density at radius 2 is 1.50 bits per heavy atom. The van der Waals surface area contributed by atoms with Crippen LogP contribution in [-0.4, -0.2) is 30.1 Å². The van der Waals surface area contributed by atoms with Gasteiger partial charge in [0.1, 0.15) is 0 Å². The summed E-state index contributed by atoms with van der Waals surface area (Å²) in [7, 11) is 0. The summed E-state index contributed by atoms with van der Waals surface area (Å²) in [6.45, 7) is 4.10. The minimum Gasteiger partial charge on any atom is -0.393 e. The molecule has 0 bridgehead atoms. The molecule has 0 aliphatic heterocycles. The second-order valence-electron chi connectivity index (χ2n) is 3.41. The molecule has 0 saturated carbocycles. The maximum absolute atomic E-state index is 8.96. The fraction of sp³-hybridized carbons (Fsp3) is 1.00. The van der Waals surface area contributed by atoms with Gasteiger partial charge in [0, 0.05) is 18.9 Å². The molecule has 0 spiro atoms. The van der Waals surface area contributed by atoms with Crippen LogP contribution in [-0.2, 0) is 0 Å². The Bertz CT molecular complexity index is 74.2. The maximum atomic E-state index is 8.96. The summed E-state index contributed by atoms with van der Waals surface area (Å²) in [5.74, 6) is 0. The standard InChI is InChI=1S/C10H22O.Li/c1-3-4-5-6-7-8-9-10(2)11;/h10-11H,3-9H2,1-2H3;. The van der Waals surface area contributed by atoms with E-state index < -0.39 is 0 Å². The molecular weight excluding hydrogens is 143 g/mol. The summed E-state index contributed by atoms with van der Waals surface area (Å²) in [6.07, 6.45) is 8.78. The molecule has 0 heterocycles. The van der Waals surface area contributed by atoms with Crippen molar-refractivity contribution in [1.29, 1.82) is 0 Å². The van der Waals surface area contributed by atoms with Crippen LogP contribution in [0.5, 0.6) is 0 Å². The normalized spacial score (nSPS) is 12.2. The van der Waals surface area contributed by atoms with Crippen molar-refractivity contribution in [1.82, 2.24) is 0 Å². The van der Waals surface area contributed by atoms with Gasteiger partial charge in [0.2, 0.25) is 0 Å². The molecule has 0 rings (SSSR count). The fourth-order valence-electron chi connectivity index (χ4n) is 1.22. The van der Waals surface area contributed by atoms with Gasteiger partial charge < -0.3 is 5.11 Å².